The lowest BCUT2D eigenvalue weighted by atomic mass is 9.90. The lowest BCUT2D eigenvalue weighted by molar-refractivity contribution is 0.460. The molecule has 3 aromatic heterocycles. The van der Waals surface area contributed by atoms with Crippen molar-refractivity contribution < 1.29 is 0 Å². The van der Waals surface area contributed by atoms with E-state index in [1.165, 1.54) is 5.56 Å². The van der Waals surface area contributed by atoms with Gasteiger partial charge in [0.15, 0.2) is 0 Å². The minimum Gasteiger partial charge on any atom is -0.324 e. The van der Waals surface area contributed by atoms with E-state index in [0.29, 0.717) is 28.8 Å². The highest BCUT2D eigenvalue weighted by atomic mass is 16.1. The summed E-state index contributed by atoms with van der Waals surface area (Å²) in [6, 6.07) is 10.1. The summed E-state index contributed by atoms with van der Waals surface area (Å²) in [7, 11) is 0. The number of imidazole rings is 1. The summed E-state index contributed by atoms with van der Waals surface area (Å²) in [5, 5.41) is 16.7. The van der Waals surface area contributed by atoms with Gasteiger partial charge >= 0.3 is 0 Å². The first-order valence-electron chi connectivity index (χ1n) is 12.0. The zero-order chi connectivity index (χ0) is 23.1. The normalized spacial score (nSPS) is 17.4. The molecular formula is C25H26N8O. The largest absolute Gasteiger partial charge is 0.324 e. The first-order valence-corrected chi connectivity index (χ1v) is 12.0. The van der Waals surface area contributed by atoms with Crippen molar-refractivity contribution in [2.24, 2.45) is 0 Å². The second-order valence-electron chi connectivity index (χ2n) is 9.27. The van der Waals surface area contributed by atoms with Crippen LogP contribution in [0.25, 0.3) is 22.1 Å². The van der Waals surface area contributed by atoms with Gasteiger partial charge in [0.25, 0.3) is 5.56 Å². The van der Waals surface area contributed by atoms with Gasteiger partial charge in [0.1, 0.15) is 17.3 Å². The van der Waals surface area contributed by atoms with E-state index in [-0.39, 0.29) is 17.2 Å². The third-order valence-electron chi connectivity index (χ3n) is 7.13. The maximum absolute atomic E-state index is 13.0. The van der Waals surface area contributed by atoms with Crippen molar-refractivity contribution >= 4 is 34.0 Å². The van der Waals surface area contributed by atoms with E-state index in [1.807, 2.05) is 6.07 Å². The van der Waals surface area contributed by atoms with Crippen molar-refractivity contribution in [2.75, 3.05) is 18.4 Å². The Morgan fingerprint density at radius 1 is 1.09 bits per heavy atom. The van der Waals surface area contributed by atoms with Crippen LogP contribution in [0.1, 0.15) is 61.6 Å². The van der Waals surface area contributed by atoms with Gasteiger partial charge in [-0.25, -0.2) is 9.97 Å². The van der Waals surface area contributed by atoms with Crippen LogP contribution < -0.4 is 16.2 Å². The highest BCUT2D eigenvalue weighted by molar-refractivity contribution is 5.80. The van der Waals surface area contributed by atoms with E-state index in [4.69, 9.17) is 0 Å². The van der Waals surface area contributed by atoms with Crippen molar-refractivity contribution in [3.63, 3.8) is 0 Å². The van der Waals surface area contributed by atoms with E-state index < -0.39 is 0 Å². The van der Waals surface area contributed by atoms with Crippen LogP contribution in [0.15, 0.2) is 35.3 Å². The molecule has 34 heavy (non-hydrogen) atoms. The number of rotatable bonds is 4. The summed E-state index contributed by atoms with van der Waals surface area (Å²) in [5.74, 6) is 1.49. The summed E-state index contributed by atoms with van der Waals surface area (Å²) < 4.78 is 1.69. The molecule has 1 aromatic carbocycles. The van der Waals surface area contributed by atoms with Crippen LogP contribution in [0.2, 0.25) is 0 Å². The number of pyridine rings is 1. The van der Waals surface area contributed by atoms with E-state index in [9.17, 15) is 10.1 Å². The lowest BCUT2D eigenvalue weighted by Crippen LogP contribution is -2.26. The number of hydrogen-bond donors (Lipinski definition) is 3. The summed E-state index contributed by atoms with van der Waals surface area (Å²) in [6.07, 6.45) is 7.93. The van der Waals surface area contributed by atoms with Crippen molar-refractivity contribution in [2.45, 2.75) is 50.5 Å². The van der Waals surface area contributed by atoms with E-state index in [2.05, 4.69) is 48.8 Å². The zero-order valence-corrected chi connectivity index (χ0v) is 18.8. The van der Waals surface area contributed by atoms with Gasteiger partial charge in [0.2, 0.25) is 11.9 Å². The summed E-state index contributed by atoms with van der Waals surface area (Å²) in [5.41, 5.74) is 3.59. The highest BCUT2D eigenvalue weighted by Crippen LogP contribution is 2.31. The smallest absolute Gasteiger partial charge is 0.270 e. The van der Waals surface area contributed by atoms with Gasteiger partial charge in [-0.2, -0.15) is 10.2 Å². The van der Waals surface area contributed by atoms with E-state index in [0.717, 1.165) is 62.6 Å². The Balaban J connectivity index is 1.35. The topological polar surface area (TPSA) is 124 Å². The average Bonchev–Trinajstić information content (AvgIpc) is 3.53. The number of aromatic nitrogens is 5. The number of nitriles is 1. The Hall–Kier alpha value is -3.77. The highest BCUT2D eigenvalue weighted by Gasteiger charge is 2.23. The maximum atomic E-state index is 13.0. The molecule has 0 radical (unpaired) electrons. The molecule has 6 rings (SSSR count). The fourth-order valence-electron chi connectivity index (χ4n) is 5.36. The molecule has 0 bridgehead atoms. The van der Waals surface area contributed by atoms with Crippen LogP contribution in [0.4, 0.5) is 11.9 Å². The fraction of sp³-hybridized carbons (Fsp3) is 0.400. The molecule has 172 valence electrons. The predicted molar refractivity (Wildman–Crippen MR) is 130 cm³/mol. The van der Waals surface area contributed by atoms with Gasteiger partial charge in [0, 0.05) is 17.6 Å². The molecule has 0 spiro atoms. The molecule has 1 aliphatic heterocycles. The van der Waals surface area contributed by atoms with Gasteiger partial charge in [-0.05, 0) is 68.5 Å². The molecule has 2 fully saturated rings. The Kier molecular flexibility index (Phi) is 5.23. The summed E-state index contributed by atoms with van der Waals surface area (Å²) >= 11 is 0. The quantitative estimate of drug-likeness (QED) is 0.428. The molecule has 9 heteroatoms. The number of fused-ring (bicyclic) bond motifs is 2. The van der Waals surface area contributed by atoms with Gasteiger partial charge in [-0.3, -0.25) is 14.7 Å². The number of aromatic amines is 1. The third-order valence-corrected chi connectivity index (χ3v) is 7.13. The molecule has 4 heterocycles. The summed E-state index contributed by atoms with van der Waals surface area (Å²) in [4.78, 5) is 30.1. The molecule has 9 nitrogen and oxygen atoms in total. The number of nitrogens with zero attached hydrogens (tertiary/aromatic N) is 5. The second-order valence-corrected chi connectivity index (χ2v) is 9.27. The molecule has 0 atom stereocenters. The van der Waals surface area contributed by atoms with Crippen molar-refractivity contribution in [1.29, 1.82) is 5.26 Å². The molecule has 2 aliphatic rings. The zero-order valence-electron chi connectivity index (χ0n) is 18.8. The maximum Gasteiger partial charge on any atom is 0.270 e. The molecule has 4 aromatic rings. The number of hydrogen-bond acceptors (Lipinski definition) is 7. The molecule has 3 N–H and O–H groups in total. The first kappa shape index (κ1) is 20.8. The number of H-pyrrole nitrogens is 1. The molecule has 1 saturated carbocycles. The first-order chi connectivity index (χ1) is 16.7. The molecular weight excluding hydrogens is 428 g/mol. The van der Waals surface area contributed by atoms with Crippen LogP contribution in [0.3, 0.4) is 0 Å². The number of nitrogens with one attached hydrogen (secondary N) is 3. The Morgan fingerprint density at radius 2 is 1.91 bits per heavy atom. The number of anilines is 2. The number of benzene rings is 1. The van der Waals surface area contributed by atoms with Crippen molar-refractivity contribution in [3.05, 3.63) is 51.9 Å². The van der Waals surface area contributed by atoms with Crippen molar-refractivity contribution in [1.82, 2.24) is 29.8 Å². The second kappa shape index (κ2) is 8.54. The summed E-state index contributed by atoms with van der Waals surface area (Å²) in [6.45, 7) is 2.11. The standard InChI is InChI=1S/C25H26N8O/c26-13-17-11-18-14-28-24(31-22(18)33(23(17)34)19-3-1-2-4-19)32-25-29-20-6-5-16(12-21(20)30-25)15-7-9-27-10-8-15/h5-6,11-12,14-15,19,27H,1-4,7-10H2,(H2,28,29,30,31,32). The molecule has 0 amide bonds. The van der Waals surface area contributed by atoms with Gasteiger partial charge in [0.05, 0.1) is 11.0 Å². The molecule has 1 saturated heterocycles. The van der Waals surface area contributed by atoms with E-state index >= 15 is 0 Å². The monoisotopic (exact) mass is 454 g/mol. The number of piperidine rings is 1. The Bertz CT molecular complexity index is 1470. The van der Waals surface area contributed by atoms with Gasteiger partial charge in [-0.1, -0.05) is 18.9 Å². The van der Waals surface area contributed by atoms with Crippen LogP contribution in [-0.2, 0) is 0 Å². The Labute approximate surface area is 196 Å². The Morgan fingerprint density at radius 3 is 2.71 bits per heavy atom. The predicted octanol–water partition coefficient (Wildman–Crippen LogP) is 3.87. The van der Waals surface area contributed by atoms with E-state index in [1.54, 1.807) is 16.8 Å². The van der Waals surface area contributed by atoms with Crippen LogP contribution in [0.5, 0.6) is 0 Å². The molecule has 0 unspecified atom stereocenters. The van der Waals surface area contributed by atoms with Gasteiger partial charge in [-0.15, -0.1) is 0 Å². The van der Waals surface area contributed by atoms with Crippen molar-refractivity contribution in [3.8, 4) is 6.07 Å². The van der Waals surface area contributed by atoms with Crippen LogP contribution >= 0.6 is 0 Å². The average molecular weight is 455 g/mol. The fourth-order valence-corrected chi connectivity index (χ4v) is 5.36. The van der Waals surface area contributed by atoms with Gasteiger partial charge < -0.3 is 10.3 Å². The SMILES string of the molecule is N#Cc1cc2cnc(Nc3nc4ccc(C5CCNCC5)cc4[nH]3)nc2n(C2CCCC2)c1=O. The van der Waals surface area contributed by atoms with Crippen LogP contribution in [-0.4, -0.2) is 37.6 Å². The third kappa shape index (κ3) is 3.70. The lowest BCUT2D eigenvalue weighted by Gasteiger charge is -2.22. The minimum absolute atomic E-state index is 0.0608. The van der Waals surface area contributed by atoms with Crippen LogP contribution in [0, 0.1) is 11.3 Å². The minimum atomic E-state index is -0.277. The molecule has 1 aliphatic carbocycles.